The molecule has 0 unspecified atom stereocenters. The first-order chi connectivity index (χ1) is 14.5. The summed E-state index contributed by atoms with van der Waals surface area (Å²) in [5.41, 5.74) is 6.01. The van der Waals surface area contributed by atoms with E-state index in [1.165, 1.54) is 11.8 Å². The van der Waals surface area contributed by atoms with E-state index in [4.69, 9.17) is 4.74 Å². The molecule has 0 aliphatic carbocycles. The molecule has 7 nitrogen and oxygen atoms in total. The quantitative estimate of drug-likeness (QED) is 0.423. The Labute approximate surface area is 180 Å². The molecule has 0 spiro atoms. The zero-order valence-corrected chi connectivity index (χ0v) is 18.7. The number of thioether (sulfide) groups is 1. The summed E-state index contributed by atoms with van der Waals surface area (Å²) < 4.78 is 9.70. The molecule has 3 heterocycles. The Kier molecular flexibility index (Phi) is 6.06. The molecule has 3 aromatic rings. The van der Waals surface area contributed by atoms with Crippen LogP contribution in [0.2, 0.25) is 0 Å². The minimum absolute atomic E-state index is 0.0859. The Morgan fingerprint density at radius 1 is 1.23 bits per heavy atom. The van der Waals surface area contributed by atoms with Gasteiger partial charge in [-0.3, -0.25) is 4.79 Å². The van der Waals surface area contributed by atoms with Gasteiger partial charge in [0.05, 0.1) is 17.5 Å². The molecule has 0 radical (unpaired) electrons. The standard InChI is InChI=1S/C22H27N5O2S/c1-14-7-5-8-15(2)21(14)27-22(23-24-25-27)30-13-20(28)19-11-16(3)26(17(19)4)12-18-9-6-10-29-18/h5,7-8,11,18H,6,9-10,12-13H2,1-4H3/t18-/m1/s1. The number of nitrogens with zero attached hydrogens (tertiary/aromatic N) is 5. The van der Waals surface area contributed by atoms with E-state index in [0.717, 1.165) is 59.8 Å². The lowest BCUT2D eigenvalue weighted by atomic mass is 10.1. The van der Waals surface area contributed by atoms with Crippen LogP contribution in [0.5, 0.6) is 0 Å². The van der Waals surface area contributed by atoms with Crippen LogP contribution >= 0.6 is 11.8 Å². The van der Waals surface area contributed by atoms with Crippen LogP contribution < -0.4 is 0 Å². The first-order valence-corrected chi connectivity index (χ1v) is 11.2. The SMILES string of the molecule is Cc1cccc(C)c1-n1nnnc1SCC(=O)c1cc(C)n(C[C@H]2CCCO2)c1C. The number of carbonyl (C=O) groups is 1. The molecular weight excluding hydrogens is 398 g/mol. The molecule has 1 aliphatic rings. The maximum Gasteiger partial charge on any atom is 0.214 e. The lowest BCUT2D eigenvalue weighted by Gasteiger charge is -2.14. The van der Waals surface area contributed by atoms with E-state index in [9.17, 15) is 4.79 Å². The molecule has 0 saturated carbocycles. The molecule has 8 heteroatoms. The number of hydrogen-bond donors (Lipinski definition) is 0. The van der Waals surface area contributed by atoms with Crippen molar-refractivity contribution in [3.63, 3.8) is 0 Å². The van der Waals surface area contributed by atoms with Crippen LogP contribution in [0, 0.1) is 27.7 Å². The third-order valence-corrected chi connectivity index (χ3v) is 6.63. The minimum Gasteiger partial charge on any atom is -0.376 e. The number of aromatic nitrogens is 5. The highest BCUT2D eigenvalue weighted by Crippen LogP contribution is 2.26. The van der Waals surface area contributed by atoms with E-state index >= 15 is 0 Å². The van der Waals surface area contributed by atoms with Crippen LogP contribution in [0.15, 0.2) is 29.4 Å². The van der Waals surface area contributed by atoms with Gasteiger partial charge in [-0.05, 0) is 68.2 Å². The highest BCUT2D eigenvalue weighted by molar-refractivity contribution is 7.99. The Balaban J connectivity index is 1.49. The summed E-state index contributed by atoms with van der Waals surface area (Å²) in [5, 5.41) is 12.8. The first-order valence-electron chi connectivity index (χ1n) is 10.2. The van der Waals surface area contributed by atoms with Crippen molar-refractivity contribution < 1.29 is 9.53 Å². The Bertz CT molecular complexity index is 1050. The topological polar surface area (TPSA) is 74.8 Å². The van der Waals surface area contributed by atoms with Crippen molar-refractivity contribution in [2.24, 2.45) is 0 Å². The van der Waals surface area contributed by atoms with Crippen LogP contribution in [0.4, 0.5) is 0 Å². The average molecular weight is 426 g/mol. The number of rotatable bonds is 7. The normalized spacial score (nSPS) is 16.3. The number of para-hydroxylation sites is 1. The number of hydrogen-bond acceptors (Lipinski definition) is 6. The average Bonchev–Trinajstić information content (AvgIpc) is 3.44. The third kappa shape index (κ3) is 4.06. The fraction of sp³-hybridized carbons (Fsp3) is 0.455. The van der Waals surface area contributed by atoms with Gasteiger partial charge in [-0.2, -0.15) is 4.68 Å². The van der Waals surface area contributed by atoms with E-state index < -0.39 is 0 Å². The lowest BCUT2D eigenvalue weighted by Crippen LogP contribution is -2.17. The second kappa shape index (κ2) is 8.73. The fourth-order valence-corrected chi connectivity index (χ4v) is 4.87. The number of ketones is 1. The summed E-state index contributed by atoms with van der Waals surface area (Å²) in [7, 11) is 0. The van der Waals surface area contributed by atoms with Crippen LogP contribution in [0.3, 0.4) is 0 Å². The predicted octanol–water partition coefficient (Wildman–Crippen LogP) is 3.85. The first kappa shape index (κ1) is 20.8. The molecule has 4 rings (SSSR count). The maximum atomic E-state index is 13.0. The number of carbonyl (C=O) groups excluding carboxylic acids is 1. The zero-order chi connectivity index (χ0) is 21.3. The number of aryl methyl sites for hydroxylation is 3. The van der Waals surface area contributed by atoms with Gasteiger partial charge in [0.1, 0.15) is 0 Å². The Morgan fingerprint density at radius 2 is 2.00 bits per heavy atom. The molecular formula is C22H27N5O2S. The van der Waals surface area contributed by atoms with Crippen molar-refractivity contribution in [3.05, 3.63) is 52.3 Å². The van der Waals surface area contributed by atoms with Gasteiger partial charge in [-0.1, -0.05) is 30.0 Å². The molecule has 0 bridgehead atoms. The number of Topliss-reactive ketones (excluding diaryl/α,β-unsaturated/α-hetero) is 1. The van der Waals surface area contributed by atoms with Crippen molar-refractivity contribution in [3.8, 4) is 5.69 Å². The van der Waals surface area contributed by atoms with E-state index in [1.807, 2.05) is 52.0 Å². The van der Waals surface area contributed by atoms with E-state index in [-0.39, 0.29) is 17.6 Å². The highest BCUT2D eigenvalue weighted by Gasteiger charge is 2.22. The van der Waals surface area contributed by atoms with Gasteiger partial charge in [0.15, 0.2) is 5.78 Å². The molecule has 1 atom stereocenters. The van der Waals surface area contributed by atoms with E-state index in [2.05, 4.69) is 20.1 Å². The van der Waals surface area contributed by atoms with Crippen molar-refractivity contribution in [1.82, 2.24) is 24.8 Å². The lowest BCUT2D eigenvalue weighted by molar-refractivity contribution is 0.0957. The summed E-state index contributed by atoms with van der Waals surface area (Å²) in [6.45, 7) is 9.78. The maximum absolute atomic E-state index is 13.0. The summed E-state index contributed by atoms with van der Waals surface area (Å²) in [6.07, 6.45) is 2.44. The van der Waals surface area contributed by atoms with E-state index in [1.54, 1.807) is 4.68 Å². The number of benzene rings is 1. The Morgan fingerprint density at radius 3 is 2.70 bits per heavy atom. The molecule has 2 aromatic heterocycles. The summed E-state index contributed by atoms with van der Waals surface area (Å²) in [4.78, 5) is 13.0. The highest BCUT2D eigenvalue weighted by atomic mass is 32.2. The van der Waals surface area contributed by atoms with Crippen LogP contribution in [-0.2, 0) is 11.3 Å². The van der Waals surface area contributed by atoms with Crippen molar-refractivity contribution >= 4 is 17.5 Å². The Hall–Kier alpha value is -2.45. The second-order valence-electron chi connectivity index (χ2n) is 7.86. The van der Waals surface area contributed by atoms with Gasteiger partial charge < -0.3 is 9.30 Å². The summed E-state index contributed by atoms with van der Waals surface area (Å²) in [5.74, 6) is 0.373. The monoisotopic (exact) mass is 425 g/mol. The molecule has 1 fully saturated rings. The van der Waals surface area contributed by atoms with E-state index in [0.29, 0.717) is 5.16 Å². The van der Waals surface area contributed by atoms with Crippen LogP contribution in [0.1, 0.15) is 45.7 Å². The molecule has 0 amide bonds. The van der Waals surface area contributed by atoms with Gasteiger partial charge in [0.25, 0.3) is 0 Å². The van der Waals surface area contributed by atoms with Gasteiger partial charge in [0, 0.05) is 30.1 Å². The minimum atomic E-state index is 0.0859. The van der Waals surface area contributed by atoms with Crippen molar-refractivity contribution in [2.45, 2.75) is 58.3 Å². The fourth-order valence-electron chi connectivity index (χ4n) is 4.11. The second-order valence-corrected chi connectivity index (χ2v) is 8.80. The van der Waals surface area contributed by atoms with Gasteiger partial charge >= 0.3 is 0 Å². The molecule has 1 saturated heterocycles. The largest absolute Gasteiger partial charge is 0.376 e. The predicted molar refractivity (Wildman–Crippen MR) is 117 cm³/mol. The summed E-state index contributed by atoms with van der Waals surface area (Å²) in [6, 6.07) is 8.07. The van der Waals surface area contributed by atoms with Gasteiger partial charge in [-0.15, -0.1) is 5.10 Å². The molecule has 1 aromatic carbocycles. The summed E-state index contributed by atoms with van der Waals surface area (Å²) >= 11 is 1.37. The van der Waals surface area contributed by atoms with Crippen LogP contribution in [-0.4, -0.2) is 49.0 Å². The molecule has 0 N–H and O–H groups in total. The zero-order valence-electron chi connectivity index (χ0n) is 17.9. The number of ether oxygens (including phenoxy) is 1. The van der Waals surface area contributed by atoms with Crippen molar-refractivity contribution in [1.29, 1.82) is 0 Å². The smallest absolute Gasteiger partial charge is 0.214 e. The molecule has 30 heavy (non-hydrogen) atoms. The molecule has 158 valence electrons. The van der Waals surface area contributed by atoms with Gasteiger partial charge in [0.2, 0.25) is 5.16 Å². The number of tetrazole rings is 1. The van der Waals surface area contributed by atoms with Gasteiger partial charge in [-0.25, -0.2) is 0 Å². The third-order valence-electron chi connectivity index (χ3n) is 5.71. The molecule has 1 aliphatic heterocycles. The van der Waals surface area contributed by atoms with Crippen molar-refractivity contribution in [2.75, 3.05) is 12.4 Å². The van der Waals surface area contributed by atoms with Crippen LogP contribution in [0.25, 0.3) is 5.69 Å².